The van der Waals surface area contributed by atoms with Crippen molar-refractivity contribution < 1.29 is 28.7 Å². The van der Waals surface area contributed by atoms with E-state index >= 15 is 0 Å². The number of hydrogen-bond acceptors (Lipinski definition) is 6. The predicted octanol–water partition coefficient (Wildman–Crippen LogP) is 4.22. The lowest BCUT2D eigenvalue weighted by Crippen LogP contribution is -2.48. The van der Waals surface area contributed by atoms with Crippen LogP contribution < -0.4 is 5.73 Å². The van der Waals surface area contributed by atoms with Gasteiger partial charge in [-0.05, 0) is 81.5 Å². The molecule has 2 N–H and O–H groups in total. The molecule has 8 nitrogen and oxygen atoms in total. The first-order valence-corrected chi connectivity index (χ1v) is 14.9. The number of nitrogens with two attached hydrogens (primary N) is 1. The highest BCUT2D eigenvalue weighted by Gasteiger charge is 2.66. The lowest BCUT2D eigenvalue weighted by molar-refractivity contribution is -0.161. The van der Waals surface area contributed by atoms with Crippen LogP contribution in [0.1, 0.15) is 106 Å². The van der Waals surface area contributed by atoms with Crippen molar-refractivity contribution >= 4 is 29.4 Å². The Kier molecular flexibility index (Phi) is 8.10. The number of ether oxygens (including phenoxy) is 1. The van der Waals surface area contributed by atoms with Crippen molar-refractivity contribution in [3.63, 3.8) is 0 Å². The molecular formula is C31H48N2O6. The Hall–Kier alpha value is -2.25. The summed E-state index contributed by atoms with van der Waals surface area (Å²) >= 11 is 0. The Labute approximate surface area is 233 Å². The molecule has 1 spiro atoms. The number of likely N-dealkylation sites (tertiary alicyclic amines) is 1. The Morgan fingerprint density at radius 2 is 1.59 bits per heavy atom. The molecule has 8 heteroatoms. The van der Waals surface area contributed by atoms with Crippen LogP contribution in [0.2, 0.25) is 0 Å². The minimum Gasteiger partial charge on any atom is -0.460 e. The van der Waals surface area contributed by atoms with Crippen molar-refractivity contribution in [2.75, 3.05) is 6.54 Å². The Bertz CT molecular complexity index is 1020. The van der Waals surface area contributed by atoms with Crippen LogP contribution in [0, 0.1) is 40.4 Å². The summed E-state index contributed by atoms with van der Waals surface area (Å²) in [5.74, 6) is -2.29. The number of Topliss-reactive ketones (excluding diaryl/α,β-unsaturated/α-hetero) is 2. The second-order valence-corrected chi connectivity index (χ2v) is 15.0. The molecular weight excluding hydrogens is 496 g/mol. The summed E-state index contributed by atoms with van der Waals surface area (Å²) in [7, 11) is 0. The van der Waals surface area contributed by atoms with E-state index in [1.807, 2.05) is 20.8 Å². The average Bonchev–Trinajstić information content (AvgIpc) is 3.67. The fourth-order valence-corrected chi connectivity index (χ4v) is 7.00. The second-order valence-electron chi connectivity index (χ2n) is 15.0. The van der Waals surface area contributed by atoms with E-state index in [2.05, 4.69) is 0 Å². The third-order valence-corrected chi connectivity index (χ3v) is 9.60. The molecule has 1 aliphatic heterocycles. The topological polar surface area (TPSA) is 124 Å². The third-order valence-electron chi connectivity index (χ3n) is 9.60. The summed E-state index contributed by atoms with van der Waals surface area (Å²) in [4.78, 5) is 67.1. The smallest absolute Gasteiger partial charge is 0.307 e. The molecule has 4 aliphatic rings. The molecule has 39 heavy (non-hydrogen) atoms. The first-order valence-electron chi connectivity index (χ1n) is 14.9. The van der Waals surface area contributed by atoms with Gasteiger partial charge in [0.25, 0.3) is 5.91 Å². The zero-order valence-corrected chi connectivity index (χ0v) is 24.7. The van der Waals surface area contributed by atoms with Gasteiger partial charge in [-0.25, -0.2) is 0 Å². The van der Waals surface area contributed by atoms with Crippen LogP contribution in [0.25, 0.3) is 0 Å². The molecule has 4 rings (SSSR count). The molecule has 4 fully saturated rings. The van der Waals surface area contributed by atoms with Crippen LogP contribution in [0.3, 0.4) is 0 Å². The van der Waals surface area contributed by atoms with Crippen LogP contribution in [0.5, 0.6) is 0 Å². The van der Waals surface area contributed by atoms with E-state index in [9.17, 15) is 24.0 Å². The number of ketones is 2. The SMILES string of the molecule is CC(C)(C)OC(=O)C[C@H](C(=O)N1C[C@]2(CC1C(=O)CC(CC1CCC1)C(=O)C(N)=O)C[C@H]2C1CC1)C(C)(C)C. The largest absolute Gasteiger partial charge is 0.460 e. The van der Waals surface area contributed by atoms with Crippen LogP contribution in [-0.2, 0) is 28.7 Å². The van der Waals surface area contributed by atoms with Gasteiger partial charge in [0, 0.05) is 18.9 Å². The monoisotopic (exact) mass is 544 g/mol. The Morgan fingerprint density at radius 1 is 0.949 bits per heavy atom. The van der Waals surface area contributed by atoms with Gasteiger partial charge in [0.05, 0.1) is 18.4 Å². The fraction of sp³-hybridized carbons (Fsp3) is 0.839. The van der Waals surface area contributed by atoms with Gasteiger partial charge in [0.2, 0.25) is 11.7 Å². The molecule has 218 valence electrons. The minimum absolute atomic E-state index is 0.0529. The highest BCUT2D eigenvalue weighted by molar-refractivity contribution is 6.36. The fourth-order valence-electron chi connectivity index (χ4n) is 7.00. The summed E-state index contributed by atoms with van der Waals surface area (Å²) < 4.78 is 5.56. The summed E-state index contributed by atoms with van der Waals surface area (Å²) in [5, 5.41) is 0. The maximum absolute atomic E-state index is 14.2. The molecule has 1 saturated heterocycles. The van der Waals surface area contributed by atoms with Crippen molar-refractivity contribution in [3.8, 4) is 0 Å². The van der Waals surface area contributed by atoms with E-state index in [1.54, 1.807) is 25.7 Å². The first kappa shape index (κ1) is 29.7. The maximum Gasteiger partial charge on any atom is 0.307 e. The number of esters is 1. The number of rotatable bonds is 11. The molecule has 0 aromatic heterocycles. The predicted molar refractivity (Wildman–Crippen MR) is 146 cm³/mol. The number of hydrogen-bond donors (Lipinski definition) is 1. The van der Waals surface area contributed by atoms with Crippen molar-refractivity contribution in [2.24, 2.45) is 46.2 Å². The van der Waals surface area contributed by atoms with Gasteiger partial charge in [-0.2, -0.15) is 0 Å². The van der Waals surface area contributed by atoms with Crippen molar-refractivity contribution in [1.29, 1.82) is 0 Å². The van der Waals surface area contributed by atoms with E-state index in [-0.39, 0.29) is 29.9 Å². The van der Waals surface area contributed by atoms with Gasteiger partial charge < -0.3 is 15.4 Å². The molecule has 5 atom stereocenters. The van der Waals surface area contributed by atoms with E-state index in [4.69, 9.17) is 10.5 Å². The molecule has 0 bridgehead atoms. The van der Waals surface area contributed by atoms with Crippen molar-refractivity contribution in [2.45, 2.75) is 117 Å². The van der Waals surface area contributed by atoms with Crippen LogP contribution in [0.4, 0.5) is 0 Å². The lowest BCUT2D eigenvalue weighted by atomic mass is 9.76. The van der Waals surface area contributed by atoms with E-state index in [0.29, 0.717) is 37.1 Å². The van der Waals surface area contributed by atoms with Crippen LogP contribution in [-0.4, -0.2) is 52.4 Å². The van der Waals surface area contributed by atoms with Crippen LogP contribution >= 0.6 is 0 Å². The zero-order valence-electron chi connectivity index (χ0n) is 24.7. The molecule has 0 aromatic carbocycles. The van der Waals surface area contributed by atoms with Gasteiger partial charge in [0.15, 0.2) is 5.78 Å². The molecule has 0 aromatic rings. The maximum atomic E-state index is 14.2. The van der Waals surface area contributed by atoms with Gasteiger partial charge in [-0.15, -0.1) is 0 Å². The first-order chi connectivity index (χ1) is 18.0. The third kappa shape index (κ3) is 6.91. The molecule has 2 amide bonds. The summed E-state index contributed by atoms with van der Waals surface area (Å²) in [6, 6.07) is -0.644. The number of carbonyl (C=O) groups is 5. The van der Waals surface area contributed by atoms with Gasteiger partial charge >= 0.3 is 5.97 Å². The normalized spacial score (nSPS) is 28.5. The van der Waals surface area contributed by atoms with E-state index < -0.39 is 46.6 Å². The number of nitrogens with zero attached hydrogens (tertiary/aromatic N) is 1. The van der Waals surface area contributed by atoms with Crippen molar-refractivity contribution in [1.82, 2.24) is 4.90 Å². The molecule has 0 radical (unpaired) electrons. The van der Waals surface area contributed by atoms with Gasteiger partial charge in [0.1, 0.15) is 5.60 Å². The van der Waals surface area contributed by atoms with E-state index in [1.165, 1.54) is 12.8 Å². The summed E-state index contributed by atoms with van der Waals surface area (Å²) in [5.41, 5.74) is 4.12. The minimum atomic E-state index is -0.996. The standard InChI is InChI=1S/C31H48N2O6/c1-29(2,3)21(14-25(35)39-30(4,5)6)28(38)33-17-31(15-22(31)19-10-11-19)16-23(33)24(34)13-20(26(36)27(32)37)12-18-8-7-9-18/h18-23H,7-17H2,1-6H3,(H2,32,37)/t20?,21-,22+,23?,31-/m1/s1. The quantitative estimate of drug-likeness (QED) is 0.307. The number of carbonyl (C=O) groups excluding carboxylic acids is 5. The highest BCUT2D eigenvalue weighted by Crippen LogP contribution is 2.68. The highest BCUT2D eigenvalue weighted by atomic mass is 16.6. The van der Waals surface area contributed by atoms with Gasteiger partial charge in [-0.3, -0.25) is 24.0 Å². The molecule has 3 aliphatic carbocycles. The van der Waals surface area contributed by atoms with E-state index in [0.717, 1.165) is 25.7 Å². The summed E-state index contributed by atoms with van der Waals surface area (Å²) in [6.07, 6.45) is 7.49. The second kappa shape index (κ2) is 10.6. The van der Waals surface area contributed by atoms with Gasteiger partial charge in [-0.1, -0.05) is 40.0 Å². The number of primary amides is 1. The molecule has 2 unspecified atom stereocenters. The molecule has 3 saturated carbocycles. The average molecular weight is 545 g/mol. The Balaban J connectivity index is 1.56. The van der Waals surface area contributed by atoms with Crippen LogP contribution in [0.15, 0.2) is 0 Å². The van der Waals surface area contributed by atoms with Crippen molar-refractivity contribution in [3.05, 3.63) is 0 Å². The number of amides is 2. The molecule has 1 heterocycles. The summed E-state index contributed by atoms with van der Waals surface area (Å²) in [6.45, 7) is 11.7. The lowest BCUT2D eigenvalue weighted by Gasteiger charge is -2.35. The zero-order chi connectivity index (χ0) is 28.9. The Morgan fingerprint density at radius 3 is 2.08 bits per heavy atom.